The van der Waals surface area contributed by atoms with Crippen molar-refractivity contribution in [2.75, 3.05) is 26.4 Å². The van der Waals surface area contributed by atoms with E-state index in [1.807, 2.05) is 12.1 Å². The molecule has 3 heterocycles. The molecule has 2 aliphatic rings. The third kappa shape index (κ3) is 4.83. The molecule has 2 saturated heterocycles. The highest BCUT2D eigenvalue weighted by atomic mass is 35.5. The molecule has 1 atom stereocenters. The van der Waals surface area contributed by atoms with Crippen LogP contribution in [0, 0.1) is 0 Å². The highest BCUT2D eigenvalue weighted by Crippen LogP contribution is 2.34. The number of thiophene rings is 1. The third-order valence-electron chi connectivity index (χ3n) is 4.52. The molecule has 0 saturated carbocycles. The molecule has 128 valence electrons. The Balaban J connectivity index is 1.40. The Morgan fingerprint density at radius 1 is 1.35 bits per heavy atom. The predicted octanol–water partition coefficient (Wildman–Crippen LogP) is 2.97. The van der Waals surface area contributed by atoms with Crippen molar-refractivity contribution in [3.05, 3.63) is 21.3 Å². The van der Waals surface area contributed by atoms with E-state index in [1.165, 1.54) is 4.88 Å². The zero-order valence-electron chi connectivity index (χ0n) is 13.1. The van der Waals surface area contributed by atoms with Gasteiger partial charge in [-0.1, -0.05) is 11.6 Å². The monoisotopic (exact) mass is 358 g/mol. The summed E-state index contributed by atoms with van der Waals surface area (Å²) in [7, 11) is 0. The number of hydrogen-bond donors (Lipinski definition) is 2. The van der Waals surface area contributed by atoms with Crippen molar-refractivity contribution in [3.8, 4) is 0 Å². The number of carbonyl (C=O) groups excluding carboxylic acids is 1. The Bertz CT molecular complexity index is 526. The van der Waals surface area contributed by atoms with Crippen LogP contribution in [0.25, 0.3) is 0 Å². The van der Waals surface area contributed by atoms with Gasteiger partial charge in [0.2, 0.25) is 0 Å². The molecular weight excluding hydrogens is 336 g/mol. The van der Waals surface area contributed by atoms with Gasteiger partial charge < -0.3 is 20.1 Å². The molecular formula is C16H23ClN2O3S. The van der Waals surface area contributed by atoms with Crippen LogP contribution >= 0.6 is 22.9 Å². The molecule has 1 aromatic rings. The van der Waals surface area contributed by atoms with E-state index in [1.54, 1.807) is 11.3 Å². The van der Waals surface area contributed by atoms with E-state index in [-0.39, 0.29) is 17.7 Å². The first-order chi connectivity index (χ1) is 11.2. The van der Waals surface area contributed by atoms with Crippen LogP contribution in [0.3, 0.4) is 0 Å². The summed E-state index contributed by atoms with van der Waals surface area (Å²) < 4.78 is 12.2. The molecule has 2 aliphatic heterocycles. The minimum absolute atomic E-state index is 0.0951. The van der Waals surface area contributed by atoms with Gasteiger partial charge in [0, 0.05) is 37.3 Å². The Morgan fingerprint density at radius 2 is 2.17 bits per heavy atom. The first-order valence-corrected chi connectivity index (χ1v) is 9.35. The highest BCUT2D eigenvalue weighted by Gasteiger charge is 2.39. The topological polar surface area (TPSA) is 59.6 Å². The number of nitrogens with one attached hydrogen (secondary N) is 2. The van der Waals surface area contributed by atoms with Gasteiger partial charge >= 0.3 is 6.03 Å². The number of urea groups is 1. The second kappa shape index (κ2) is 7.83. The fourth-order valence-corrected chi connectivity index (χ4v) is 4.35. The normalized spacial score (nSPS) is 23.6. The summed E-state index contributed by atoms with van der Waals surface area (Å²) in [6.07, 6.45) is 4.40. The van der Waals surface area contributed by atoms with Crippen molar-refractivity contribution in [2.45, 2.75) is 43.7 Å². The predicted molar refractivity (Wildman–Crippen MR) is 91.3 cm³/mol. The van der Waals surface area contributed by atoms with Gasteiger partial charge in [-0.15, -0.1) is 11.3 Å². The number of carbonyl (C=O) groups is 1. The molecule has 1 aromatic heterocycles. The van der Waals surface area contributed by atoms with E-state index in [4.69, 9.17) is 21.1 Å². The number of amides is 2. The van der Waals surface area contributed by atoms with Crippen LogP contribution in [-0.4, -0.2) is 44.0 Å². The standard InChI is InChI=1S/C16H23ClN2O3S/c17-14-2-1-13(23-14)3-7-18-15(20)19-12-4-8-22-16(11-12)5-9-21-10-6-16/h1-2,12H,3-11H2,(H2,18,19,20). The quantitative estimate of drug-likeness (QED) is 0.869. The lowest BCUT2D eigenvalue weighted by molar-refractivity contribution is -0.139. The summed E-state index contributed by atoms with van der Waals surface area (Å²) in [5.41, 5.74) is -0.0951. The Kier molecular flexibility index (Phi) is 5.80. The van der Waals surface area contributed by atoms with Crippen LogP contribution in [0.4, 0.5) is 4.79 Å². The molecule has 0 radical (unpaired) electrons. The van der Waals surface area contributed by atoms with Gasteiger partial charge in [0.05, 0.1) is 9.94 Å². The van der Waals surface area contributed by atoms with E-state index in [0.29, 0.717) is 13.2 Å². The second-order valence-corrected chi connectivity index (χ2v) is 7.99. The zero-order valence-corrected chi connectivity index (χ0v) is 14.7. The van der Waals surface area contributed by atoms with Crippen LogP contribution in [-0.2, 0) is 15.9 Å². The Morgan fingerprint density at radius 3 is 2.91 bits per heavy atom. The van der Waals surface area contributed by atoms with E-state index in [9.17, 15) is 4.79 Å². The molecule has 5 nitrogen and oxygen atoms in total. The van der Waals surface area contributed by atoms with Crippen molar-refractivity contribution in [3.63, 3.8) is 0 Å². The third-order valence-corrected chi connectivity index (χ3v) is 5.81. The van der Waals surface area contributed by atoms with Gasteiger partial charge in [-0.25, -0.2) is 4.79 Å². The van der Waals surface area contributed by atoms with Crippen LogP contribution in [0.5, 0.6) is 0 Å². The van der Waals surface area contributed by atoms with E-state index in [2.05, 4.69) is 10.6 Å². The maximum atomic E-state index is 12.1. The van der Waals surface area contributed by atoms with Crippen molar-refractivity contribution in [1.82, 2.24) is 10.6 Å². The first-order valence-electron chi connectivity index (χ1n) is 8.16. The summed E-state index contributed by atoms with van der Waals surface area (Å²) in [4.78, 5) is 13.3. The lowest BCUT2D eigenvalue weighted by atomic mass is 9.84. The molecule has 7 heteroatoms. The van der Waals surface area contributed by atoms with E-state index >= 15 is 0 Å². The van der Waals surface area contributed by atoms with E-state index < -0.39 is 0 Å². The largest absolute Gasteiger partial charge is 0.381 e. The van der Waals surface area contributed by atoms with Gasteiger partial charge in [-0.3, -0.25) is 0 Å². The second-order valence-electron chi connectivity index (χ2n) is 6.19. The van der Waals surface area contributed by atoms with Crippen molar-refractivity contribution >= 4 is 29.0 Å². The molecule has 0 aromatic carbocycles. The van der Waals surface area contributed by atoms with Gasteiger partial charge in [0.25, 0.3) is 0 Å². The van der Waals surface area contributed by atoms with Crippen molar-refractivity contribution in [1.29, 1.82) is 0 Å². The minimum Gasteiger partial charge on any atom is -0.381 e. The Hall–Kier alpha value is -0.820. The number of hydrogen-bond acceptors (Lipinski definition) is 4. The van der Waals surface area contributed by atoms with Crippen LogP contribution in [0.15, 0.2) is 12.1 Å². The molecule has 2 amide bonds. The van der Waals surface area contributed by atoms with Crippen LogP contribution in [0.2, 0.25) is 4.34 Å². The lowest BCUT2D eigenvalue weighted by Crippen LogP contribution is -2.52. The summed E-state index contributed by atoms with van der Waals surface area (Å²) >= 11 is 7.45. The van der Waals surface area contributed by atoms with Crippen LogP contribution < -0.4 is 10.6 Å². The van der Waals surface area contributed by atoms with Crippen molar-refractivity contribution < 1.29 is 14.3 Å². The molecule has 1 unspecified atom stereocenters. The molecule has 0 bridgehead atoms. The molecule has 0 aliphatic carbocycles. The maximum absolute atomic E-state index is 12.1. The van der Waals surface area contributed by atoms with Gasteiger partial charge in [0.1, 0.15) is 0 Å². The maximum Gasteiger partial charge on any atom is 0.315 e. The van der Waals surface area contributed by atoms with Gasteiger partial charge in [0.15, 0.2) is 0 Å². The minimum atomic E-state index is -0.0956. The summed E-state index contributed by atoms with van der Waals surface area (Å²) in [6.45, 7) is 2.83. The molecule has 1 spiro atoms. The molecule has 2 fully saturated rings. The molecule has 2 N–H and O–H groups in total. The number of rotatable bonds is 4. The van der Waals surface area contributed by atoms with Crippen LogP contribution in [0.1, 0.15) is 30.6 Å². The molecule has 23 heavy (non-hydrogen) atoms. The summed E-state index contributed by atoms with van der Waals surface area (Å²) in [6, 6.07) is 3.97. The number of ether oxygens (including phenoxy) is 2. The average molecular weight is 359 g/mol. The SMILES string of the molecule is O=C(NCCc1ccc(Cl)s1)NC1CCOC2(CCOCC2)C1. The smallest absolute Gasteiger partial charge is 0.315 e. The average Bonchev–Trinajstić information content (AvgIpc) is 2.93. The van der Waals surface area contributed by atoms with Gasteiger partial charge in [-0.2, -0.15) is 0 Å². The molecule has 3 rings (SSSR count). The fourth-order valence-electron chi connectivity index (χ4n) is 3.26. The van der Waals surface area contributed by atoms with E-state index in [0.717, 1.165) is 49.7 Å². The summed E-state index contributed by atoms with van der Waals surface area (Å²) in [5.74, 6) is 0. The fraction of sp³-hybridized carbons (Fsp3) is 0.688. The number of halogens is 1. The Labute approximate surface area is 145 Å². The van der Waals surface area contributed by atoms with Gasteiger partial charge in [-0.05, 0) is 44.2 Å². The first kappa shape index (κ1) is 17.0. The van der Waals surface area contributed by atoms with Crippen molar-refractivity contribution in [2.24, 2.45) is 0 Å². The highest BCUT2D eigenvalue weighted by molar-refractivity contribution is 7.16. The summed E-state index contributed by atoms with van der Waals surface area (Å²) in [5, 5.41) is 6.02. The lowest BCUT2D eigenvalue weighted by Gasteiger charge is -2.43. The zero-order chi connectivity index (χ0) is 16.1.